The van der Waals surface area contributed by atoms with Crippen LogP contribution in [-0.2, 0) is 27.9 Å². The second kappa shape index (κ2) is 48.8. The summed E-state index contributed by atoms with van der Waals surface area (Å²) in [6.45, 7) is 3.27. The number of ether oxygens (including phenoxy) is 2. The van der Waals surface area contributed by atoms with Crippen LogP contribution in [0.25, 0.3) is 0 Å². The molecule has 0 saturated heterocycles. The van der Waals surface area contributed by atoms with Gasteiger partial charge in [0.2, 0.25) is 0 Å². The average Bonchev–Trinajstić information content (AvgIpc) is 3.28. The van der Waals surface area contributed by atoms with Gasteiger partial charge in [0.15, 0.2) is 0 Å². The molecular formula is C53H91O9P. The summed E-state index contributed by atoms with van der Waals surface area (Å²) in [6.07, 6.45) is 62.3. The van der Waals surface area contributed by atoms with E-state index < -0.39 is 45.8 Å². The van der Waals surface area contributed by atoms with Crippen LogP contribution in [0.1, 0.15) is 187 Å². The predicted octanol–water partition coefficient (Wildman–Crippen LogP) is 14.4. The van der Waals surface area contributed by atoms with Crippen molar-refractivity contribution in [3.8, 4) is 0 Å². The van der Waals surface area contributed by atoms with Crippen molar-refractivity contribution in [2.24, 2.45) is 0 Å². The van der Waals surface area contributed by atoms with Crippen molar-refractivity contribution in [1.82, 2.24) is 0 Å². The Bertz CT molecular complexity index is 1300. The van der Waals surface area contributed by atoms with E-state index in [0.717, 1.165) is 89.9 Å². The molecule has 0 radical (unpaired) electrons. The molecule has 3 atom stereocenters. The molecule has 362 valence electrons. The molecule has 0 heterocycles. The highest BCUT2D eigenvalue weighted by molar-refractivity contribution is 7.47. The molecule has 0 spiro atoms. The summed E-state index contributed by atoms with van der Waals surface area (Å²) in [5, 5.41) is 18.4. The summed E-state index contributed by atoms with van der Waals surface area (Å²) in [7, 11) is -4.54. The molecule has 0 amide bonds. The molecule has 0 bridgehead atoms. The highest BCUT2D eigenvalue weighted by Crippen LogP contribution is 2.43. The summed E-state index contributed by atoms with van der Waals surface area (Å²) in [6, 6.07) is 0. The van der Waals surface area contributed by atoms with Gasteiger partial charge in [0.05, 0.1) is 26.4 Å². The van der Waals surface area contributed by atoms with Crippen LogP contribution in [0, 0.1) is 0 Å². The number of hydrogen-bond acceptors (Lipinski definition) is 8. The van der Waals surface area contributed by atoms with Crippen LogP contribution in [0.3, 0.4) is 0 Å². The van der Waals surface area contributed by atoms with Crippen LogP contribution in [0.2, 0.25) is 0 Å². The van der Waals surface area contributed by atoms with Crippen molar-refractivity contribution in [3.63, 3.8) is 0 Å². The molecule has 63 heavy (non-hydrogen) atoms. The number of rotatable bonds is 46. The maximum atomic E-state index is 12.7. The fourth-order valence-corrected chi connectivity index (χ4v) is 7.06. The molecular weight excluding hydrogens is 812 g/mol. The number of aliphatic hydroxyl groups is 2. The normalized spacial score (nSPS) is 14.7. The number of esters is 1. The van der Waals surface area contributed by atoms with Gasteiger partial charge >= 0.3 is 13.8 Å². The minimum absolute atomic E-state index is 0.0117. The van der Waals surface area contributed by atoms with Gasteiger partial charge in [-0.05, 0) is 96.3 Å². The fraction of sp³-hybridized carbons (Fsp3) is 0.679. The van der Waals surface area contributed by atoms with E-state index in [1.807, 2.05) is 0 Å². The molecule has 0 aromatic heterocycles. The van der Waals surface area contributed by atoms with Crippen molar-refractivity contribution in [1.29, 1.82) is 0 Å². The number of carbonyl (C=O) groups is 1. The fourth-order valence-electron chi connectivity index (χ4n) is 6.27. The van der Waals surface area contributed by atoms with Crippen molar-refractivity contribution in [3.05, 3.63) is 97.2 Å². The van der Waals surface area contributed by atoms with Gasteiger partial charge in [0.1, 0.15) is 12.2 Å². The van der Waals surface area contributed by atoms with Crippen molar-refractivity contribution in [2.75, 3.05) is 33.0 Å². The Kier molecular flexibility index (Phi) is 46.8. The lowest BCUT2D eigenvalue weighted by Crippen LogP contribution is -2.29. The lowest BCUT2D eigenvalue weighted by molar-refractivity contribution is -0.154. The second-order valence-corrected chi connectivity index (χ2v) is 17.5. The third-order valence-electron chi connectivity index (χ3n) is 10.0. The SMILES string of the molecule is CC/C=C\C/C=C\C/C=C\C/C=C\C/C=C\C/C=C\C/C=C\CCCCOCC(COP(=O)(O)OCC(O)CO)OC(=O)CCCCCCCCC/C=C\CCCCCCCCC. The Labute approximate surface area is 385 Å². The number of unbranched alkanes of at least 4 members (excludes halogenated alkanes) is 16. The van der Waals surface area contributed by atoms with E-state index in [-0.39, 0.29) is 13.0 Å². The zero-order chi connectivity index (χ0) is 46.0. The zero-order valence-electron chi connectivity index (χ0n) is 39.8. The third kappa shape index (κ3) is 48.7. The van der Waals surface area contributed by atoms with Gasteiger partial charge < -0.3 is 24.6 Å². The van der Waals surface area contributed by atoms with Crippen LogP contribution in [0.4, 0.5) is 0 Å². The number of hydrogen-bond donors (Lipinski definition) is 3. The Hall–Kier alpha value is -2.62. The molecule has 0 aromatic carbocycles. The lowest BCUT2D eigenvalue weighted by Gasteiger charge is -2.20. The molecule has 0 fully saturated rings. The monoisotopic (exact) mass is 903 g/mol. The van der Waals surface area contributed by atoms with Crippen LogP contribution in [0.15, 0.2) is 97.2 Å². The number of carbonyl (C=O) groups excluding carboxylic acids is 1. The largest absolute Gasteiger partial charge is 0.472 e. The Balaban J connectivity index is 4.23. The molecule has 9 nitrogen and oxygen atoms in total. The average molecular weight is 903 g/mol. The minimum Gasteiger partial charge on any atom is -0.457 e. The molecule has 0 aliphatic heterocycles. The maximum absolute atomic E-state index is 12.7. The molecule has 0 aliphatic rings. The van der Waals surface area contributed by atoms with Gasteiger partial charge in [-0.1, -0.05) is 182 Å². The van der Waals surface area contributed by atoms with Gasteiger partial charge in [0, 0.05) is 13.0 Å². The quantitative estimate of drug-likeness (QED) is 0.0236. The predicted molar refractivity (Wildman–Crippen MR) is 265 cm³/mol. The Morgan fingerprint density at radius 1 is 0.508 bits per heavy atom. The van der Waals surface area contributed by atoms with E-state index in [9.17, 15) is 19.4 Å². The first-order valence-electron chi connectivity index (χ1n) is 24.7. The Morgan fingerprint density at radius 2 is 0.905 bits per heavy atom. The van der Waals surface area contributed by atoms with Gasteiger partial charge in [-0.15, -0.1) is 0 Å². The third-order valence-corrected chi connectivity index (χ3v) is 11.0. The van der Waals surface area contributed by atoms with Gasteiger partial charge in [-0.2, -0.15) is 0 Å². The molecule has 0 aliphatic carbocycles. The first kappa shape index (κ1) is 60.4. The van der Waals surface area contributed by atoms with E-state index in [1.165, 1.54) is 70.6 Å². The minimum atomic E-state index is -4.54. The maximum Gasteiger partial charge on any atom is 0.472 e. The zero-order valence-corrected chi connectivity index (χ0v) is 40.7. The molecule has 3 unspecified atom stereocenters. The molecule has 0 saturated carbocycles. The van der Waals surface area contributed by atoms with E-state index in [4.69, 9.17) is 23.6 Å². The Morgan fingerprint density at radius 3 is 1.38 bits per heavy atom. The van der Waals surface area contributed by atoms with Gasteiger partial charge in [-0.3, -0.25) is 13.8 Å². The summed E-state index contributed by atoms with van der Waals surface area (Å²) < 4.78 is 33.4. The number of aliphatic hydroxyl groups excluding tert-OH is 2. The molecule has 0 rings (SSSR count). The molecule has 0 aromatic rings. The number of allylic oxidation sites excluding steroid dienone is 16. The smallest absolute Gasteiger partial charge is 0.457 e. The first-order valence-corrected chi connectivity index (χ1v) is 26.2. The van der Waals surface area contributed by atoms with Crippen LogP contribution in [-0.4, -0.2) is 66.3 Å². The summed E-state index contributed by atoms with van der Waals surface area (Å²) >= 11 is 0. The summed E-state index contributed by atoms with van der Waals surface area (Å²) in [5.74, 6) is -0.406. The highest BCUT2D eigenvalue weighted by atomic mass is 31.2. The van der Waals surface area contributed by atoms with Crippen LogP contribution >= 0.6 is 7.82 Å². The van der Waals surface area contributed by atoms with Crippen molar-refractivity contribution in [2.45, 2.75) is 199 Å². The van der Waals surface area contributed by atoms with Crippen molar-refractivity contribution < 1.29 is 43.0 Å². The van der Waals surface area contributed by atoms with E-state index >= 15 is 0 Å². The van der Waals surface area contributed by atoms with E-state index in [2.05, 4.69) is 111 Å². The molecule has 10 heteroatoms. The topological polar surface area (TPSA) is 132 Å². The summed E-state index contributed by atoms with van der Waals surface area (Å²) in [4.78, 5) is 22.7. The van der Waals surface area contributed by atoms with Gasteiger partial charge in [0.25, 0.3) is 0 Å². The van der Waals surface area contributed by atoms with Crippen molar-refractivity contribution >= 4 is 13.8 Å². The van der Waals surface area contributed by atoms with Crippen LogP contribution < -0.4 is 0 Å². The number of phosphoric acid groups is 1. The number of phosphoric ester groups is 1. The van der Waals surface area contributed by atoms with Crippen LogP contribution in [0.5, 0.6) is 0 Å². The van der Waals surface area contributed by atoms with E-state index in [1.54, 1.807) is 0 Å². The second-order valence-electron chi connectivity index (χ2n) is 16.1. The lowest BCUT2D eigenvalue weighted by atomic mass is 10.1. The summed E-state index contributed by atoms with van der Waals surface area (Å²) in [5.41, 5.74) is 0. The first-order chi connectivity index (χ1) is 30.8. The van der Waals surface area contributed by atoms with Gasteiger partial charge in [-0.25, -0.2) is 4.57 Å². The highest BCUT2D eigenvalue weighted by Gasteiger charge is 2.26. The van der Waals surface area contributed by atoms with E-state index in [0.29, 0.717) is 13.0 Å². The molecule has 3 N–H and O–H groups in total. The standard InChI is InChI=1S/C53H91O9P/c1-3-5-7-9-11-13-15-17-19-21-23-24-25-26-27-28-30-32-34-36-38-40-42-44-46-59-49-52(50-61-63(57,58)60-48-51(55)47-54)62-53(56)45-43-41-39-37-35-33-31-29-22-20-18-16-14-12-10-8-6-4-2/h5,7,11,13,17,19-20,22-24,26-27,30,32,36,38,51-52,54-55H,3-4,6,8-10,12,14-16,18,21,25,28-29,31,33-35,37,39-50H2,1-2H3,(H,57,58)/b7-5-,13-11-,19-17-,22-20-,24-23-,27-26-,32-30-,38-36-.